The van der Waals surface area contributed by atoms with E-state index in [1.54, 1.807) is 30.5 Å². The number of nitrogens with one attached hydrogen (secondary N) is 1. The molecule has 0 fully saturated rings. The second-order valence-electron chi connectivity index (χ2n) is 9.28. The summed E-state index contributed by atoms with van der Waals surface area (Å²) in [5, 5.41) is 3.05. The first-order chi connectivity index (χ1) is 18.4. The van der Waals surface area contributed by atoms with Gasteiger partial charge in [-0.15, -0.1) is 0 Å². The zero-order chi connectivity index (χ0) is 26.6. The predicted octanol–water partition coefficient (Wildman–Crippen LogP) is 4.59. The molecule has 3 N–H and O–H groups in total. The number of amides is 2. The Bertz CT molecular complexity index is 1490. The highest BCUT2D eigenvalue weighted by Gasteiger charge is 2.25. The number of pyridine rings is 1. The predicted molar refractivity (Wildman–Crippen MR) is 141 cm³/mol. The molecule has 0 radical (unpaired) electrons. The molecule has 5 rings (SSSR count). The van der Waals surface area contributed by atoms with E-state index >= 15 is 0 Å². The Balaban J connectivity index is 1.48. The molecule has 2 amide bonds. The Kier molecular flexibility index (Phi) is 7.13. The molecule has 0 aliphatic carbocycles. The first kappa shape index (κ1) is 25.1. The molecular weight excluding hydrogens is 486 g/mol. The van der Waals surface area contributed by atoms with Crippen molar-refractivity contribution in [2.75, 3.05) is 18.0 Å². The van der Waals surface area contributed by atoms with Gasteiger partial charge in [0, 0.05) is 35.6 Å². The van der Waals surface area contributed by atoms with Crippen molar-refractivity contribution < 1.29 is 18.4 Å². The highest BCUT2D eigenvalue weighted by Crippen LogP contribution is 2.30. The normalized spacial score (nSPS) is 13.2. The van der Waals surface area contributed by atoms with Crippen LogP contribution < -0.4 is 16.0 Å². The van der Waals surface area contributed by atoms with Crippen LogP contribution in [0, 0.1) is 11.6 Å². The lowest BCUT2D eigenvalue weighted by Crippen LogP contribution is -2.39. The summed E-state index contributed by atoms with van der Waals surface area (Å²) in [6.07, 6.45) is 2.56. The number of rotatable bonds is 8. The second kappa shape index (κ2) is 10.8. The zero-order valence-electron chi connectivity index (χ0n) is 20.5. The van der Waals surface area contributed by atoms with E-state index in [0.717, 1.165) is 24.7 Å². The monoisotopic (exact) mass is 512 g/mol. The third-order valence-electron chi connectivity index (χ3n) is 6.64. The molecular formula is C30H26F2N4O2. The molecule has 0 saturated carbocycles. The lowest BCUT2D eigenvalue weighted by molar-refractivity contribution is -0.120. The highest BCUT2D eigenvalue weighted by molar-refractivity contribution is 5.94. The van der Waals surface area contributed by atoms with Crippen molar-refractivity contribution in [2.24, 2.45) is 5.73 Å². The Morgan fingerprint density at radius 2 is 1.76 bits per heavy atom. The van der Waals surface area contributed by atoms with E-state index in [4.69, 9.17) is 5.73 Å². The van der Waals surface area contributed by atoms with Gasteiger partial charge in [0.25, 0.3) is 0 Å². The van der Waals surface area contributed by atoms with Crippen LogP contribution in [0.4, 0.5) is 14.5 Å². The van der Waals surface area contributed by atoms with Gasteiger partial charge in [-0.1, -0.05) is 36.4 Å². The van der Waals surface area contributed by atoms with Crippen molar-refractivity contribution in [1.82, 2.24) is 10.3 Å². The van der Waals surface area contributed by atoms with Crippen molar-refractivity contribution in [3.63, 3.8) is 0 Å². The Hall–Kier alpha value is -4.59. The largest absolute Gasteiger partial charge is 0.366 e. The van der Waals surface area contributed by atoms with Crippen LogP contribution in [0.3, 0.4) is 0 Å². The number of hydrogen-bond acceptors (Lipinski definition) is 4. The molecule has 0 saturated heterocycles. The topological polar surface area (TPSA) is 88.3 Å². The van der Waals surface area contributed by atoms with E-state index in [0.29, 0.717) is 27.9 Å². The maximum Gasteiger partial charge on any atom is 0.248 e. The summed E-state index contributed by atoms with van der Waals surface area (Å²) < 4.78 is 28.1. The lowest BCUT2D eigenvalue weighted by atomic mass is 9.94. The number of anilines is 1. The molecule has 1 aliphatic heterocycles. The third-order valence-corrected chi connectivity index (χ3v) is 6.64. The zero-order valence-corrected chi connectivity index (χ0v) is 20.5. The molecule has 2 heterocycles. The van der Waals surface area contributed by atoms with Crippen LogP contribution in [-0.4, -0.2) is 29.9 Å². The maximum atomic E-state index is 14.0. The van der Waals surface area contributed by atoms with Crippen molar-refractivity contribution >= 4 is 17.5 Å². The summed E-state index contributed by atoms with van der Waals surface area (Å²) in [6.45, 7) is 0.853. The molecule has 8 heteroatoms. The molecule has 0 unspecified atom stereocenters. The van der Waals surface area contributed by atoms with Gasteiger partial charge in [0.15, 0.2) is 0 Å². The summed E-state index contributed by atoms with van der Waals surface area (Å²) in [7, 11) is 0. The van der Waals surface area contributed by atoms with Gasteiger partial charge in [-0.05, 0) is 65.9 Å². The number of aromatic nitrogens is 1. The van der Waals surface area contributed by atoms with Gasteiger partial charge in [0.05, 0.1) is 18.3 Å². The molecule has 1 aromatic heterocycles. The van der Waals surface area contributed by atoms with Crippen LogP contribution in [0.1, 0.15) is 33.2 Å². The molecule has 1 atom stereocenters. The summed E-state index contributed by atoms with van der Waals surface area (Å²) in [5.41, 5.74) is 10.3. The number of carbonyl (C=O) groups excluding carboxylic acids is 2. The number of primary amides is 1. The number of hydrogen-bond donors (Lipinski definition) is 2. The number of carbonyl (C=O) groups is 2. The average Bonchev–Trinajstić information content (AvgIpc) is 3.30. The number of nitrogens with zero attached hydrogens (tertiary/aromatic N) is 2. The molecule has 3 aromatic carbocycles. The summed E-state index contributed by atoms with van der Waals surface area (Å²) >= 11 is 0. The molecule has 192 valence electrons. The van der Waals surface area contributed by atoms with Crippen LogP contribution in [0.25, 0.3) is 11.1 Å². The fraction of sp³-hybridized carbons (Fsp3) is 0.167. The van der Waals surface area contributed by atoms with Gasteiger partial charge >= 0.3 is 0 Å². The second-order valence-corrected chi connectivity index (χ2v) is 9.28. The van der Waals surface area contributed by atoms with E-state index in [9.17, 15) is 18.4 Å². The van der Waals surface area contributed by atoms with Crippen molar-refractivity contribution in [3.05, 3.63) is 119 Å². The van der Waals surface area contributed by atoms with Crippen molar-refractivity contribution in [1.29, 1.82) is 0 Å². The number of benzene rings is 3. The third kappa shape index (κ3) is 5.54. The molecule has 0 bridgehead atoms. The van der Waals surface area contributed by atoms with Gasteiger partial charge in [-0.2, -0.15) is 0 Å². The number of nitrogens with two attached hydrogens (primary N) is 1. The average molecular weight is 513 g/mol. The van der Waals surface area contributed by atoms with E-state index in [1.807, 2.05) is 35.2 Å². The number of fused-ring (bicyclic) bond motifs is 1. The van der Waals surface area contributed by atoms with Crippen LogP contribution >= 0.6 is 0 Å². The van der Waals surface area contributed by atoms with Gasteiger partial charge in [-0.25, -0.2) is 8.78 Å². The van der Waals surface area contributed by atoms with E-state index in [1.165, 1.54) is 17.7 Å². The molecule has 6 nitrogen and oxygen atoms in total. The lowest BCUT2D eigenvalue weighted by Gasteiger charge is -2.24. The molecule has 38 heavy (non-hydrogen) atoms. The number of halogens is 2. The molecule has 0 spiro atoms. The quantitative estimate of drug-likeness (QED) is 0.362. The van der Waals surface area contributed by atoms with Crippen LogP contribution in [0.15, 0.2) is 85.1 Å². The minimum Gasteiger partial charge on any atom is -0.366 e. The van der Waals surface area contributed by atoms with E-state index in [2.05, 4.69) is 16.4 Å². The van der Waals surface area contributed by atoms with Crippen LogP contribution in [0.5, 0.6) is 0 Å². The Labute approximate surface area is 219 Å². The van der Waals surface area contributed by atoms with Crippen molar-refractivity contribution in [3.8, 4) is 11.1 Å². The van der Waals surface area contributed by atoms with E-state index in [-0.39, 0.29) is 18.9 Å². The Morgan fingerprint density at radius 1 is 0.974 bits per heavy atom. The van der Waals surface area contributed by atoms with Crippen molar-refractivity contribution in [2.45, 2.75) is 18.9 Å². The standard InChI is InChI=1S/C30H26F2N4O2/c31-23-13-19(14-24(32)17-23)15-26(35-28(37)18-36-12-10-20-5-1-2-9-27(20)36)29-25(8-4-11-34-29)21-6-3-7-22(16-21)30(33)38/h1-9,11,13-14,16-17,26H,10,12,15,18H2,(H2,33,38)(H,35,37)/t26-/m0/s1. The van der Waals surface area contributed by atoms with Gasteiger partial charge in [-0.3, -0.25) is 14.6 Å². The van der Waals surface area contributed by atoms with Gasteiger partial charge < -0.3 is 16.0 Å². The first-order valence-corrected chi connectivity index (χ1v) is 12.3. The summed E-state index contributed by atoms with van der Waals surface area (Å²) in [5.74, 6) is -2.21. The molecule has 4 aromatic rings. The maximum absolute atomic E-state index is 14.0. The number of para-hydroxylation sites is 1. The fourth-order valence-electron chi connectivity index (χ4n) is 4.94. The summed E-state index contributed by atoms with van der Waals surface area (Å²) in [4.78, 5) is 31.7. The van der Waals surface area contributed by atoms with E-state index < -0.39 is 23.6 Å². The van der Waals surface area contributed by atoms with Gasteiger partial charge in [0.2, 0.25) is 11.8 Å². The first-order valence-electron chi connectivity index (χ1n) is 12.3. The minimum atomic E-state index is -0.700. The highest BCUT2D eigenvalue weighted by atomic mass is 19.1. The Morgan fingerprint density at radius 3 is 2.55 bits per heavy atom. The fourth-order valence-corrected chi connectivity index (χ4v) is 4.94. The van der Waals surface area contributed by atoms with Crippen LogP contribution in [-0.2, 0) is 17.6 Å². The smallest absolute Gasteiger partial charge is 0.248 e. The molecule has 1 aliphatic rings. The van der Waals surface area contributed by atoms with Gasteiger partial charge in [0.1, 0.15) is 11.6 Å². The minimum absolute atomic E-state index is 0.108. The van der Waals surface area contributed by atoms with Crippen LogP contribution in [0.2, 0.25) is 0 Å². The SMILES string of the molecule is NC(=O)c1cccc(-c2cccnc2[C@H](Cc2cc(F)cc(F)c2)NC(=O)CN2CCc3ccccc32)c1. The summed E-state index contributed by atoms with van der Waals surface area (Å²) in [6, 6.07) is 20.9.